The van der Waals surface area contributed by atoms with E-state index in [9.17, 15) is 4.57 Å². The van der Waals surface area contributed by atoms with Crippen LogP contribution in [0, 0.1) is 0 Å². The summed E-state index contributed by atoms with van der Waals surface area (Å²) >= 11 is 0. The Morgan fingerprint density at radius 1 is 0.760 bits per heavy atom. The molecule has 0 aliphatic heterocycles. The molecule has 1 aromatic carbocycles. The molecule has 0 saturated carbocycles. The summed E-state index contributed by atoms with van der Waals surface area (Å²) in [6.07, 6.45) is 12.5. The highest BCUT2D eigenvalue weighted by molar-refractivity contribution is 7.48. The fourth-order valence-electron chi connectivity index (χ4n) is 2.62. The highest BCUT2D eigenvalue weighted by Crippen LogP contribution is 2.49. The van der Waals surface area contributed by atoms with Crippen LogP contribution < -0.4 is 4.52 Å². The Balaban J connectivity index is 2.12. The Hall–Kier alpha value is -0.830. The van der Waals surface area contributed by atoms with Crippen molar-refractivity contribution >= 4 is 7.82 Å². The third-order valence-corrected chi connectivity index (χ3v) is 5.50. The zero-order chi connectivity index (χ0) is 18.2. The Morgan fingerprint density at radius 3 is 1.88 bits per heavy atom. The van der Waals surface area contributed by atoms with Crippen LogP contribution in [0.25, 0.3) is 0 Å². The lowest BCUT2D eigenvalue weighted by Crippen LogP contribution is -2.03. The third kappa shape index (κ3) is 11.4. The maximum atomic E-state index is 12.6. The van der Waals surface area contributed by atoms with E-state index in [1.807, 2.05) is 18.2 Å². The van der Waals surface area contributed by atoms with E-state index in [0.29, 0.717) is 19.0 Å². The molecule has 0 radical (unpaired) electrons. The zero-order valence-corrected chi connectivity index (χ0v) is 16.8. The molecule has 1 rings (SSSR count). The second-order valence-corrected chi connectivity index (χ2v) is 7.88. The first-order valence-corrected chi connectivity index (χ1v) is 11.3. The number of rotatable bonds is 16. The van der Waals surface area contributed by atoms with Crippen LogP contribution in [0.15, 0.2) is 30.3 Å². The predicted molar refractivity (Wildman–Crippen MR) is 104 cm³/mol. The SMILES string of the molecule is CCCCCCCCCCCCOP(=O)(OCC)Oc1ccccc1. The molecule has 0 spiro atoms. The van der Waals surface area contributed by atoms with E-state index in [2.05, 4.69) is 6.92 Å². The Kier molecular flexibility index (Phi) is 12.8. The molecule has 1 aromatic rings. The quantitative estimate of drug-likeness (QED) is 0.229. The van der Waals surface area contributed by atoms with Crippen molar-refractivity contribution in [3.63, 3.8) is 0 Å². The van der Waals surface area contributed by atoms with Gasteiger partial charge in [-0.3, -0.25) is 9.05 Å². The molecule has 1 atom stereocenters. The summed E-state index contributed by atoms with van der Waals surface area (Å²) in [5, 5.41) is 0. The van der Waals surface area contributed by atoms with Crippen molar-refractivity contribution in [2.45, 2.75) is 78.1 Å². The van der Waals surface area contributed by atoms with Crippen LogP contribution in [0.3, 0.4) is 0 Å². The van der Waals surface area contributed by atoms with Crippen molar-refractivity contribution in [1.82, 2.24) is 0 Å². The highest BCUT2D eigenvalue weighted by Gasteiger charge is 2.27. The minimum Gasteiger partial charge on any atom is -0.404 e. The lowest BCUT2D eigenvalue weighted by Gasteiger charge is -2.17. The van der Waals surface area contributed by atoms with Gasteiger partial charge in [-0.1, -0.05) is 82.9 Å². The molecule has 0 aliphatic rings. The van der Waals surface area contributed by atoms with Gasteiger partial charge in [0.05, 0.1) is 13.2 Å². The highest BCUT2D eigenvalue weighted by atomic mass is 31.2. The molecule has 25 heavy (non-hydrogen) atoms. The van der Waals surface area contributed by atoms with Gasteiger partial charge in [-0.05, 0) is 25.5 Å². The van der Waals surface area contributed by atoms with Gasteiger partial charge in [0.2, 0.25) is 0 Å². The Labute approximate surface area is 153 Å². The first kappa shape index (κ1) is 22.2. The van der Waals surface area contributed by atoms with Crippen LogP contribution in [0.5, 0.6) is 5.75 Å². The van der Waals surface area contributed by atoms with Crippen LogP contribution in [0.1, 0.15) is 78.1 Å². The molecule has 0 saturated heterocycles. The van der Waals surface area contributed by atoms with E-state index >= 15 is 0 Å². The van der Waals surface area contributed by atoms with Gasteiger partial charge in [-0.15, -0.1) is 0 Å². The zero-order valence-electron chi connectivity index (χ0n) is 16.0. The standard InChI is InChI=1S/C20H35O4P/c1-3-5-6-7-8-9-10-11-12-16-19-23-25(21,22-4-2)24-20-17-14-13-15-18-20/h13-15,17-18H,3-12,16,19H2,1-2H3. The average Bonchev–Trinajstić information content (AvgIpc) is 2.61. The molecule has 0 aliphatic carbocycles. The van der Waals surface area contributed by atoms with Crippen molar-refractivity contribution in [3.05, 3.63) is 30.3 Å². The van der Waals surface area contributed by atoms with Crippen LogP contribution in [-0.4, -0.2) is 13.2 Å². The van der Waals surface area contributed by atoms with Gasteiger partial charge in [-0.2, -0.15) is 0 Å². The van der Waals surface area contributed by atoms with Crippen molar-refractivity contribution in [2.24, 2.45) is 0 Å². The summed E-state index contributed by atoms with van der Waals surface area (Å²) in [6, 6.07) is 9.02. The number of para-hydroxylation sites is 1. The van der Waals surface area contributed by atoms with E-state index in [0.717, 1.165) is 12.8 Å². The van der Waals surface area contributed by atoms with E-state index < -0.39 is 7.82 Å². The second-order valence-electron chi connectivity index (χ2n) is 6.28. The van der Waals surface area contributed by atoms with Crippen LogP contribution in [-0.2, 0) is 13.6 Å². The van der Waals surface area contributed by atoms with Gasteiger partial charge < -0.3 is 4.52 Å². The van der Waals surface area contributed by atoms with E-state index in [1.165, 1.54) is 51.4 Å². The number of unbranched alkanes of at least 4 members (excludes halogenated alkanes) is 9. The minimum absolute atomic E-state index is 0.294. The molecule has 0 amide bonds. The molecule has 0 heterocycles. The molecular weight excluding hydrogens is 335 g/mol. The van der Waals surface area contributed by atoms with E-state index in [4.69, 9.17) is 13.6 Å². The number of hydrogen-bond acceptors (Lipinski definition) is 4. The monoisotopic (exact) mass is 370 g/mol. The summed E-state index contributed by atoms with van der Waals surface area (Å²) in [4.78, 5) is 0. The molecule has 0 N–H and O–H groups in total. The van der Waals surface area contributed by atoms with Crippen molar-refractivity contribution in [2.75, 3.05) is 13.2 Å². The summed E-state index contributed by atoms with van der Waals surface area (Å²) in [5.74, 6) is 0.502. The molecule has 0 fully saturated rings. The van der Waals surface area contributed by atoms with Gasteiger partial charge >= 0.3 is 7.82 Å². The van der Waals surface area contributed by atoms with Gasteiger partial charge in [0.15, 0.2) is 0 Å². The van der Waals surface area contributed by atoms with E-state index in [1.54, 1.807) is 19.1 Å². The van der Waals surface area contributed by atoms with Crippen LogP contribution in [0.2, 0.25) is 0 Å². The molecule has 144 valence electrons. The van der Waals surface area contributed by atoms with Gasteiger partial charge in [0.1, 0.15) is 5.75 Å². The Morgan fingerprint density at radius 2 is 1.32 bits per heavy atom. The largest absolute Gasteiger partial charge is 0.530 e. The first-order chi connectivity index (χ1) is 12.2. The summed E-state index contributed by atoms with van der Waals surface area (Å²) in [5.41, 5.74) is 0. The van der Waals surface area contributed by atoms with Crippen LogP contribution >= 0.6 is 7.82 Å². The maximum Gasteiger partial charge on any atom is 0.530 e. The average molecular weight is 370 g/mol. The van der Waals surface area contributed by atoms with Crippen molar-refractivity contribution < 1.29 is 18.1 Å². The fourth-order valence-corrected chi connectivity index (χ4v) is 3.85. The lowest BCUT2D eigenvalue weighted by atomic mass is 10.1. The second kappa shape index (κ2) is 14.4. The molecule has 4 nitrogen and oxygen atoms in total. The fraction of sp³-hybridized carbons (Fsp3) is 0.700. The van der Waals surface area contributed by atoms with Crippen molar-refractivity contribution in [3.8, 4) is 5.75 Å². The predicted octanol–water partition coefficient (Wildman–Crippen LogP) is 7.15. The van der Waals surface area contributed by atoms with Gasteiger partial charge in [-0.25, -0.2) is 4.57 Å². The number of benzene rings is 1. The molecule has 0 bridgehead atoms. The maximum absolute atomic E-state index is 12.6. The number of phosphoric ester groups is 1. The Bertz CT molecular complexity index is 464. The summed E-state index contributed by atoms with van der Waals surface area (Å²) in [7, 11) is -3.52. The topological polar surface area (TPSA) is 44.8 Å². The summed E-state index contributed by atoms with van der Waals surface area (Å²) in [6.45, 7) is 4.73. The smallest absolute Gasteiger partial charge is 0.404 e. The summed E-state index contributed by atoms with van der Waals surface area (Å²) < 4.78 is 28.7. The number of hydrogen-bond donors (Lipinski definition) is 0. The normalized spacial score (nSPS) is 13.5. The third-order valence-electron chi connectivity index (χ3n) is 3.99. The first-order valence-electron chi connectivity index (χ1n) is 9.84. The van der Waals surface area contributed by atoms with E-state index in [-0.39, 0.29) is 0 Å². The van der Waals surface area contributed by atoms with Gasteiger partial charge in [0.25, 0.3) is 0 Å². The molecule has 5 heteroatoms. The molecule has 0 aromatic heterocycles. The molecular formula is C20H35O4P. The van der Waals surface area contributed by atoms with Crippen LogP contribution in [0.4, 0.5) is 0 Å². The number of phosphoric acid groups is 1. The van der Waals surface area contributed by atoms with Crippen molar-refractivity contribution in [1.29, 1.82) is 0 Å². The van der Waals surface area contributed by atoms with Gasteiger partial charge in [0, 0.05) is 0 Å². The lowest BCUT2D eigenvalue weighted by molar-refractivity contribution is 0.158. The molecule has 1 unspecified atom stereocenters. The minimum atomic E-state index is -3.52.